The van der Waals surface area contributed by atoms with E-state index >= 15 is 0 Å². The first-order valence-corrected chi connectivity index (χ1v) is 12.2. The summed E-state index contributed by atoms with van der Waals surface area (Å²) in [5, 5.41) is 2.37. The number of imide groups is 2. The van der Waals surface area contributed by atoms with Crippen molar-refractivity contribution < 1.29 is 28.2 Å². The van der Waals surface area contributed by atoms with E-state index in [9.17, 15) is 18.8 Å². The van der Waals surface area contributed by atoms with Gasteiger partial charge in [0, 0.05) is 0 Å². The third kappa shape index (κ3) is 5.52. The van der Waals surface area contributed by atoms with E-state index in [4.69, 9.17) is 21.1 Å². The molecule has 0 atom stereocenters. The molecular formula is C26H19ClFIN2O5. The van der Waals surface area contributed by atoms with Crippen LogP contribution in [0.3, 0.4) is 0 Å². The Morgan fingerprint density at radius 2 is 1.78 bits per heavy atom. The number of carbonyl (C=O) groups excluding carboxylic acids is 3. The Hall–Kier alpha value is -3.44. The van der Waals surface area contributed by atoms with Gasteiger partial charge in [0.05, 0.1) is 20.9 Å². The van der Waals surface area contributed by atoms with Crippen molar-refractivity contribution in [3.05, 3.63) is 91.8 Å². The summed E-state index contributed by atoms with van der Waals surface area (Å²) in [7, 11) is 0. The Balaban J connectivity index is 1.66. The second-order valence-corrected chi connectivity index (χ2v) is 9.16. The summed E-state index contributed by atoms with van der Waals surface area (Å²) in [6.45, 7) is 2.34. The van der Waals surface area contributed by atoms with Crippen LogP contribution in [0.1, 0.15) is 18.1 Å². The summed E-state index contributed by atoms with van der Waals surface area (Å²) < 4.78 is 25.5. The molecule has 3 aromatic rings. The van der Waals surface area contributed by atoms with Crippen molar-refractivity contribution in [3.8, 4) is 11.5 Å². The standard InChI is InChI=1S/C26H19ClFIN2O5/c1-2-35-22-13-16(12-20(29)23(22)36-14-15-7-9-17(28)10-8-15)11-18-24(32)30-26(34)31(25(18)33)21-6-4-3-5-19(21)27/h3-13H,2,14H2,1H3,(H,30,32,34)/b18-11+. The minimum atomic E-state index is -0.885. The number of barbiturate groups is 1. The van der Waals surface area contributed by atoms with Crippen LogP contribution in [-0.2, 0) is 16.2 Å². The van der Waals surface area contributed by atoms with E-state index in [1.807, 2.05) is 6.92 Å². The average molecular weight is 621 g/mol. The minimum absolute atomic E-state index is 0.161. The first-order valence-electron chi connectivity index (χ1n) is 10.8. The van der Waals surface area contributed by atoms with Gasteiger partial charge in [-0.25, -0.2) is 14.1 Å². The van der Waals surface area contributed by atoms with E-state index in [1.165, 1.54) is 24.3 Å². The molecule has 4 amide bonds. The molecule has 7 nitrogen and oxygen atoms in total. The molecule has 0 radical (unpaired) electrons. The Kier molecular flexibility index (Phi) is 7.90. The zero-order chi connectivity index (χ0) is 25.8. The lowest BCUT2D eigenvalue weighted by Crippen LogP contribution is -2.54. The normalized spacial score (nSPS) is 14.7. The van der Waals surface area contributed by atoms with Crippen LogP contribution >= 0.6 is 34.2 Å². The fourth-order valence-electron chi connectivity index (χ4n) is 3.49. The number of hydrogen-bond donors (Lipinski definition) is 1. The molecule has 36 heavy (non-hydrogen) atoms. The second kappa shape index (κ2) is 11.1. The molecule has 4 rings (SSSR count). The molecule has 1 N–H and O–H groups in total. The molecule has 0 unspecified atom stereocenters. The number of halogens is 3. The molecule has 0 aromatic heterocycles. The van der Waals surface area contributed by atoms with Gasteiger partial charge >= 0.3 is 6.03 Å². The highest BCUT2D eigenvalue weighted by Gasteiger charge is 2.37. The van der Waals surface area contributed by atoms with Gasteiger partial charge in [-0.2, -0.15) is 0 Å². The molecule has 0 bridgehead atoms. The first kappa shape index (κ1) is 25.6. The van der Waals surface area contributed by atoms with Gasteiger partial charge in [-0.05, 0) is 83.1 Å². The average Bonchev–Trinajstić information content (AvgIpc) is 2.83. The van der Waals surface area contributed by atoms with Crippen molar-refractivity contribution in [3.63, 3.8) is 0 Å². The summed E-state index contributed by atoms with van der Waals surface area (Å²) in [6, 6.07) is 14.8. The van der Waals surface area contributed by atoms with Crippen LogP contribution in [0.4, 0.5) is 14.9 Å². The van der Waals surface area contributed by atoms with Crippen LogP contribution in [-0.4, -0.2) is 24.5 Å². The van der Waals surface area contributed by atoms with Crippen molar-refractivity contribution >= 4 is 63.8 Å². The van der Waals surface area contributed by atoms with E-state index < -0.39 is 17.8 Å². The number of carbonyl (C=O) groups is 3. The Labute approximate surface area is 225 Å². The molecule has 0 aliphatic carbocycles. The largest absolute Gasteiger partial charge is 0.490 e. The van der Waals surface area contributed by atoms with E-state index in [1.54, 1.807) is 42.5 Å². The number of urea groups is 1. The molecular weight excluding hydrogens is 602 g/mol. The third-order valence-corrected chi connectivity index (χ3v) is 6.26. The Morgan fingerprint density at radius 3 is 2.47 bits per heavy atom. The van der Waals surface area contributed by atoms with E-state index in [0.717, 1.165) is 10.5 Å². The lowest BCUT2D eigenvalue weighted by atomic mass is 10.1. The van der Waals surface area contributed by atoms with E-state index in [-0.39, 0.29) is 28.7 Å². The van der Waals surface area contributed by atoms with Crippen molar-refractivity contribution in [2.75, 3.05) is 11.5 Å². The van der Waals surface area contributed by atoms with Gasteiger partial charge in [-0.1, -0.05) is 35.9 Å². The maximum atomic E-state index is 13.2. The molecule has 1 heterocycles. The zero-order valence-electron chi connectivity index (χ0n) is 18.9. The Bertz CT molecular complexity index is 1380. The van der Waals surface area contributed by atoms with Crippen molar-refractivity contribution in [1.29, 1.82) is 0 Å². The first-order chi connectivity index (χ1) is 17.3. The highest BCUT2D eigenvalue weighted by Crippen LogP contribution is 2.36. The number of para-hydroxylation sites is 1. The summed E-state index contributed by atoms with van der Waals surface area (Å²) in [4.78, 5) is 39.0. The lowest BCUT2D eigenvalue weighted by Gasteiger charge is -2.27. The molecule has 10 heteroatoms. The quantitative estimate of drug-likeness (QED) is 0.207. The number of ether oxygens (including phenoxy) is 2. The van der Waals surface area contributed by atoms with Crippen LogP contribution in [0.15, 0.2) is 66.2 Å². The summed E-state index contributed by atoms with van der Waals surface area (Å²) in [5.74, 6) is -1.09. The van der Waals surface area contributed by atoms with E-state index in [0.29, 0.717) is 27.2 Å². The monoisotopic (exact) mass is 620 g/mol. The second-order valence-electron chi connectivity index (χ2n) is 7.59. The highest BCUT2D eigenvalue weighted by molar-refractivity contribution is 14.1. The molecule has 0 spiro atoms. The summed E-state index contributed by atoms with van der Waals surface area (Å²) >= 11 is 8.24. The van der Waals surface area contributed by atoms with Crippen molar-refractivity contribution in [2.45, 2.75) is 13.5 Å². The van der Waals surface area contributed by atoms with Gasteiger partial charge in [0.15, 0.2) is 11.5 Å². The van der Waals surface area contributed by atoms with Crippen LogP contribution < -0.4 is 19.7 Å². The molecule has 1 aliphatic rings. The number of rotatable bonds is 7. The molecule has 0 saturated carbocycles. The number of benzene rings is 3. The molecule has 1 saturated heterocycles. The third-order valence-electron chi connectivity index (χ3n) is 5.13. The van der Waals surface area contributed by atoms with Crippen molar-refractivity contribution in [1.82, 2.24) is 5.32 Å². The maximum absolute atomic E-state index is 13.2. The van der Waals surface area contributed by atoms with Crippen LogP contribution in [0.5, 0.6) is 11.5 Å². The number of nitrogens with zero attached hydrogens (tertiary/aromatic N) is 1. The lowest BCUT2D eigenvalue weighted by molar-refractivity contribution is -0.122. The number of amides is 4. The van der Waals surface area contributed by atoms with Gasteiger partial charge in [0.2, 0.25) is 0 Å². The minimum Gasteiger partial charge on any atom is -0.490 e. The van der Waals surface area contributed by atoms with Gasteiger partial charge in [-0.15, -0.1) is 0 Å². The summed E-state index contributed by atoms with van der Waals surface area (Å²) in [5.41, 5.74) is 1.18. The van der Waals surface area contributed by atoms with Gasteiger partial charge in [0.1, 0.15) is 18.0 Å². The maximum Gasteiger partial charge on any atom is 0.335 e. The van der Waals surface area contributed by atoms with Gasteiger partial charge in [0.25, 0.3) is 11.8 Å². The van der Waals surface area contributed by atoms with Gasteiger partial charge < -0.3 is 9.47 Å². The highest BCUT2D eigenvalue weighted by atomic mass is 127. The number of hydrogen-bond acceptors (Lipinski definition) is 5. The summed E-state index contributed by atoms with van der Waals surface area (Å²) in [6.07, 6.45) is 1.38. The number of nitrogens with one attached hydrogen (secondary N) is 1. The Morgan fingerprint density at radius 1 is 1.06 bits per heavy atom. The van der Waals surface area contributed by atoms with Crippen molar-refractivity contribution in [2.24, 2.45) is 0 Å². The van der Waals surface area contributed by atoms with Gasteiger partial charge in [-0.3, -0.25) is 14.9 Å². The topological polar surface area (TPSA) is 84.9 Å². The fraction of sp³-hybridized carbons (Fsp3) is 0.115. The fourth-order valence-corrected chi connectivity index (χ4v) is 4.49. The smallest absolute Gasteiger partial charge is 0.335 e. The molecule has 3 aromatic carbocycles. The molecule has 1 aliphatic heterocycles. The SMILES string of the molecule is CCOc1cc(/C=C2\C(=O)NC(=O)N(c3ccccc3Cl)C2=O)cc(I)c1OCc1ccc(F)cc1. The van der Waals surface area contributed by atoms with Crippen LogP contribution in [0, 0.1) is 9.39 Å². The predicted octanol–water partition coefficient (Wildman–Crippen LogP) is 5.73. The zero-order valence-corrected chi connectivity index (χ0v) is 21.8. The van der Waals surface area contributed by atoms with E-state index in [2.05, 4.69) is 27.9 Å². The van der Waals surface area contributed by atoms with Crippen LogP contribution in [0.2, 0.25) is 5.02 Å². The predicted molar refractivity (Wildman–Crippen MR) is 142 cm³/mol. The molecule has 1 fully saturated rings. The molecule has 184 valence electrons. The number of anilines is 1. The van der Waals surface area contributed by atoms with Crippen LogP contribution in [0.25, 0.3) is 6.08 Å².